The number of benzene rings is 1. The summed E-state index contributed by atoms with van der Waals surface area (Å²) < 4.78 is 0. The number of nitrogens with zero attached hydrogens (tertiary/aromatic N) is 2. The van der Waals surface area contributed by atoms with E-state index in [0.717, 1.165) is 0 Å². The summed E-state index contributed by atoms with van der Waals surface area (Å²) in [6, 6.07) is 8.03. The van der Waals surface area contributed by atoms with Crippen molar-refractivity contribution in [3.05, 3.63) is 80.0 Å². The molecule has 0 fully saturated rings. The van der Waals surface area contributed by atoms with Crippen LogP contribution in [0.1, 0.15) is 33.7 Å². The molecule has 1 aromatic carbocycles. The lowest BCUT2D eigenvalue weighted by molar-refractivity contribution is 0.192. The van der Waals surface area contributed by atoms with Gasteiger partial charge in [0.1, 0.15) is 17.6 Å². The van der Waals surface area contributed by atoms with E-state index < -0.39 is 18.2 Å². The van der Waals surface area contributed by atoms with Crippen molar-refractivity contribution < 1.29 is 15.0 Å². The van der Waals surface area contributed by atoms with Crippen molar-refractivity contribution in [2.75, 3.05) is 0 Å². The van der Waals surface area contributed by atoms with Crippen LogP contribution in [0.25, 0.3) is 0 Å². The largest absolute Gasteiger partial charge is 0.465 e. The van der Waals surface area contributed by atoms with E-state index in [1.165, 1.54) is 23.9 Å². The van der Waals surface area contributed by atoms with Crippen molar-refractivity contribution in [3.63, 3.8) is 0 Å². The number of halogens is 2. The predicted octanol–water partition coefficient (Wildman–Crippen LogP) is 4.28. The van der Waals surface area contributed by atoms with Crippen LogP contribution in [0, 0.1) is 0 Å². The van der Waals surface area contributed by atoms with E-state index in [0.29, 0.717) is 26.6 Å². The highest BCUT2D eigenvalue weighted by Crippen LogP contribution is 2.34. The van der Waals surface area contributed by atoms with Gasteiger partial charge in [0.2, 0.25) is 0 Å². The molecule has 0 spiro atoms. The van der Waals surface area contributed by atoms with Crippen LogP contribution in [-0.4, -0.2) is 26.3 Å². The zero-order chi connectivity index (χ0) is 18.7. The van der Waals surface area contributed by atoms with E-state index in [1.807, 2.05) is 0 Å². The molecule has 0 aliphatic carbocycles. The number of aliphatic hydroxyl groups is 1. The maximum absolute atomic E-state index is 11.2. The summed E-state index contributed by atoms with van der Waals surface area (Å²) in [5.74, 6) is 0. The SMILES string of the molecule is O=C(O)N[C@@H](c1cccc(Cl)c1)c1csc([C@H](O)c2cncnc2Cl)c1. The first-order chi connectivity index (χ1) is 12.5. The molecule has 26 heavy (non-hydrogen) atoms. The van der Waals surface area contributed by atoms with Crippen LogP contribution in [0.15, 0.2) is 48.2 Å². The van der Waals surface area contributed by atoms with Gasteiger partial charge in [0.05, 0.1) is 6.04 Å². The molecule has 2 atom stereocenters. The van der Waals surface area contributed by atoms with Crippen molar-refractivity contribution in [1.29, 1.82) is 0 Å². The van der Waals surface area contributed by atoms with Crippen molar-refractivity contribution in [3.8, 4) is 0 Å². The molecule has 0 radical (unpaired) electrons. The molecule has 0 saturated carbocycles. The predicted molar refractivity (Wildman–Crippen MR) is 99.9 cm³/mol. The Morgan fingerprint density at radius 2 is 2.04 bits per heavy atom. The summed E-state index contributed by atoms with van der Waals surface area (Å²) in [6.07, 6.45) is 0.573. The number of nitrogens with one attached hydrogen (secondary N) is 1. The summed E-state index contributed by atoms with van der Waals surface area (Å²) in [5, 5.41) is 24.7. The Morgan fingerprint density at radius 3 is 2.73 bits per heavy atom. The van der Waals surface area contributed by atoms with E-state index in [4.69, 9.17) is 23.2 Å². The Bertz CT molecular complexity index is 935. The molecular weight excluding hydrogens is 397 g/mol. The number of rotatable bonds is 5. The van der Waals surface area contributed by atoms with Crippen LogP contribution in [0.4, 0.5) is 4.79 Å². The third-order valence-electron chi connectivity index (χ3n) is 3.68. The first-order valence-electron chi connectivity index (χ1n) is 7.42. The lowest BCUT2D eigenvalue weighted by atomic mass is 10.0. The topological polar surface area (TPSA) is 95.3 Å². The molecule has 0 unspecified atom stereocenters. The third-order valence-corrected chi connectivity index (χ3v) is 5.23. The highest BCUT2D eigenvalue weighted by molar-refractivity contribution is 7.10. The first-order valence-corrected chi connectivity index (χ1v) is 9.06. The van der Waals surface area contributed by atoms with Gasteiger partial charge in [-0.05, 0) is 34.7 Å². The number of aliphatic hydroxyl groups excluding tert-OH is 1. The van der Waals surface area contributed by atoms with E-state index in [1.54, 1.807) is 35.7 Å². The molecule has 6 nitrogen and oxygen atoms in total. The number of carbonyl (C=O) groups is 1. The summed E-state index contributed by atoms with van der Waals surface area (Å²) >= 11 is 13.3. The second-order valence-electron chi connectivity index (χ2n) is 5.39. The number of carboxylic acid groups (broad SMARTS) is 1. The van der Waals surface area contributed by atoms with Crippen molar-refractivity contribution >= 4 is 40.6 Å². The molecule has 3 aromatic rings. The van der Waals surface area contributed by atoms with Gasteiger partial charge in [0, 0.05) is 21.7 Å². The summed E-state index contributed by atoms with van der Waals surface area (Å²) in [7, 11) is 0. The normalized spacial score (nSPS) is 13.2. The molecule has 0 bridgehead atoms. The van der Waals surface area contributed by atoms with Gasteiger partial charge in [0.15, 0.2) is 0 Å². The molecule has 3 N–H and O–H groups in total. The average Bonchev–Trinajstić information content (AvgIpc) is 3.09. The van der Waals surface area contributed by atoms with Gasteiger partial charge in [-0.25, -0.2) is 14.8 Å². The molecule has 1 amide bonds. The van der Waals surface area contributed by atoms with Crippen LogP contribution < -0.4 is 5.32 Å². The number of thiophene rings is 1. The molecule has 2 heterocycles. The second kappa shape index (κ2) is 8.01. The average molecular weight is 410 g/mol. The summed E-state index contributed by atoms with van der Waals surface area (Å²) in [5.41, 5.74) is 1.76. The molecular formula is C17H13Cl2N3O3S. The van der Waals surface area contributed by atoms with Crippen molar-refractivity contribution in [1.82, 2.24) is 15.3 Å². The Labute approximate surface area is 163 Å². The van der Waals surface area contributed by atoms with Crippen LogP contribution in [0.3, 0.4) is 0 Å². The molecule has 3 rings (SSSR count). The zero-order valence-corrected chi connectivity index (χ0v) is 15.5. The third kappa shape index (κ3) is 4.13. The van der Waals surface area contributed by atoms with E-state index in [-0.39, 0.29) is 5.15 Å². The lowest BCUT2D eigenvalue weighted by Crippen LogP contribution is -2.27. The van der Waals surface area contributed by atoms with Gasteiger partial charge in [-0.3, -0.25) is 0 Å². The quantitative estimate of drug-likeness (QED) is 0.546. The fourth-order valence-electron chi connectivity index (χ4n) is 2.49. The maximum atomic E-state index is 11.2. The fourth-order valence-corrected chi connectivity index (χ4v) is 3.82. The minimum Gasteiger partial charge on any atom is -0.465 e. The minimum absolute atomic E-state index is 0.164. The van der Waals surface area contributed by atoms with Crippen molar-refractivity contribution in [2.45, 2.75) is 12.1 Å². The van der Waals surface area contributed by atoms with Gasteiger partial charge >= 0.3 is 6.09 Å². The Morgan fingerprint density at radius 1 is 1.23 bits per heavy atom. The molecule has 134 valence electrons. The second-order valence-corrected chi connectivity index (χ2v) is 7.13. The number of hydrogen-bond acceptors (Lipinski definition) is 5. The monoisotopic (exact) mass is 409 g/mol. The molecule has 0 aliphatic rings. The van der Waals surface area contributed by atoms with Gasteiger partial charge in [-0.15, -0.1) is 11.3 Å². The first kappa shape index (κ1) is 18.6. The standard InChI is InChI=1S/C17H13Cl2N3O3S/c18-11-3-1-2-9(4-11)14(22-17(24)25)10-5-13(26-7-10)15(23)12-6-20-8-21-16(12)19/h1-8,14-15,22-23H,(H,24,25)/t14-,15+/m0/s1. The van der Waals surface area contributed by atoms with E-state index in [2.05, 4.69) is 15.3 Å². The van der Waals surface area contributed by atoms with Crippen LogP contribution in [0.5, 0.6) is 0 Å². The fraction of sp³-hybridized carbons (Fsp3) is 0.118. The highest BCUT2D eigenvalue weighted by atomic mass is 35.5. The minimum atomic E-state index is -1.16. The Hall–Kier alpha value is -2.19. The Balaban J connectivity index is 1.94. The van der Waals surface area contributed by atoms with Crippen LogP contribution in [0.2, 0.25) is 10.2 Å². The molecule has 0 aliphatic heterocycles. The number of aromatic nitrogens is 2. The van der Waals surface area contributed by atoms with Gasteiger partial charge < -0.3 is 15.5 Å². The van der Waals surface area contributed by atoms with Gasteiger partial charge in [-0.1, -0.05) is 35.3 Å². The number of amides is 1. The van der Waals surface area contributed by atoms with E-state index >= 15 is 0 Å². The lowest BCUT2D eigenvalue weighted by Gasteiger charge is -2.17. The van der Waals surface area contributed by atoms with Gasteiger partial charge in [0.25, 0.3) is 0 Å². The van der Waals surface area contributed by atoms with E-state index in [9.17, 15) is 15.0 Å². The smallest absolute Gasteiger partial charge is 0.405 e. The highest BCUT2D eigenvalue weighted by Gasteiger charge is 2.22. The molecule has 9 heteroatoms. The maximum Gasteiger partial charge on any atom is 0.405 e. The van der Waals surface area contributed by atoms with Gasteiger partial charge in [-0.2, -0.15) is 0 Å². The summed E-state index contributed by atoms with van der Waals surface area (Å²) in [6.45, 7) is 0. The Kier molecular flexibility index (Phi) is 5.73. The molecule has 2 aromatic heterocycles. The molecule has 0 saturated heterocycles. The number of hydrogen-bond donors (Lipinski definition) is 3. The van der Waals surface area contributed by atoms with Crippen LogP contribution >= 0.6 is 34.5 Å². The summed E-state index contributed by atoms with van der Waals surface area (Å²) in [4.78, 5) is 19.6. The van der Waals surface area contributed by atoms with Crippen molar-refractivity contribution in [2.24, 2.45) is 0 Å². The van der Waals surface area contributed by atoms with Crippen LogP contribution in [-0.2, 0) is 0 Å². The zero-order valence-electron chi connectivity index (χ0n) is 13.1.